The van der Waals surface area contributed by atoms with E-state index in [1.165, 1.54) is 38.2 Å². The lowest BCUT2D eigenvalue weighted by molar-refractivity contribution is 1.48. The van der Waals surface area contributed by atoms with Crippen LogP contribution in [-0.2, 0) is 0 Å². The van der Waals surface area contributed by atoms with Gasteiger partial charge in [0.15, 0.2) is 0 Å². The third kappa shape index (κ3) is 6.05. The summed E-state index contributed by atoms with van der Waals surface area (Å²) >= 11 is 0. The molecule has 0 unspecified atom stereocenters. The van der Waals surface area contributed by atoms with Gasteiger partial charge in [-0.1, -0.05) is 126 Å². The molecule has 0 heterocycles. The van der Waals surface area contributed by atoms with Gasteiger partial charge >= 0.3 is 0 Å². The quantitative estimate of drug-likeness (QED) is 0.255. The summed E-state index contributed by atoms with van der Waals surface area (Å²) in [6.45, 7) is 6.34. The highest BCUT2D eigenvalue weighted by molar-refractivity contribution is 5.85. The average molecular weight is 377 g/mol. The highest BCUT2D eigenvalue weighted by Crippen LogP contribution is 2.16. The molecule has 0 nitrogen and oxygen atoms in total. The Balaban J connectivity index is 0.000000128. The molecule has 0 aliphatic carbocycles. The van der Waals surface area contributed by atoms with Gasteiger partial charge in [0.05, 0.1) is 0 Å². The van der Waals surface area contributed by atoms with Crippen LogP contribution in [0, 0.1) is 20.8 Å². The first-order valence-corrected chi connectivity index (χ1v) is 10.0. The van der Waals surface area contributed by atoms with E-state index in [4.69, 9.17) is 0 Å². The van der Waals surface area contributed by atoms with E-state index in [0.29, 0.717) is 0 Å². The molecule has 0 aromatic heterocycles. The van der Waals surface area contributed by atoms with Crippen molar-refractivity contribution in [3.05, 3.63) is 132 Å². The van der Waals surface area contributed by atoms with Gasteiger partial charge in [0.2, 0.25) is 0 Å². The zero-order valence-corrected chi connectivity index (χ0v) is 17.5. The van der Waals surface area contributed by atoms with Crippen LogP contribution in [0.15, 0.2) is 115 Å². The molecule has 0 aliphatic heterocycles. The third-order valence-corrected chi connectivity index (χ3v) is 4.85. The van der Waals surface area contributed by atoms with E-state index < -0.39 is 0 Å². The van der Waals surface area contributed by atoms with Crippen LogP contribution in [0.5, 0.6) is 0 Å². The molecule has 0 atom stereocenters. The number of rotatable bonds is 0. The van der Waals surface area contributed by atoms with Crippen molar-refractivity contribution in [1.82, 2.24) is 0 Å². The van der Waals surface area contributed by atoms with Crippen LogP contribution < -0.4 is 0 Å². The Morgan fingerprint density at radius 2 is 0.966 bits per heavy atom. The molecule has 0 N–H and O–H groups in total. The van der Waals surface area contributed by atoms with E-state index in [1.807, 2.05) is 18.2 Å². The third-order valence-electron chi connectivity index (χ3n) is 4.85. The monoisotopic (exact) mass is 376 g/mol. The van der Waals surface area contributed by atoms with E-state index in [0.717, 1.165) is 0 Å². The minimum Gasteiger partial charge on any atom is -0.0622 e. The van der Waals surface area contributed by atoms with Gasteiger partial charge in [-0.05, 0) is 47.9 Å². The molecule has 0 bridgehead atoms. The molecule has 0 radical (unpaired) electrons. The van der Waals surface area contributed by atoms with Crippen molar-refractivity contribution in [2.75, 3.05) is 0 Å². The normalized spacial score (nSPS) is 9.90. The first-order valence-electron chi connectivity index (χ1n) is 10.0. The van der Waals surface area contributed by atoms with Crippen LogP contribution in [0.2, 0.25) is 0 Å². The highest BCUT2D eigenvalue weighted by atomic mass is 14.0. The summed E-state index contributed by atoms with van der Waals surface area (Å²) in [7, 11) is 0. The molecule has 5 aromatic carbocycles. The molecule has 144 valence electrons. The number of hydrogen-bond donors (Lipinski definition) is 0. The smallest absolute Gasteiger partial charge is 0.0155 e. The van der Waals surface area contributed by atoms with Crippen LogP contribution in [0.4, 0.5) is 0 Å². The van der Waals surface area contributed by atoms with Crippen molar-refractivity contribution in [2.45, 2.75) is 20.8 Å². The molecule has 0 amide bonds. The van der Waals surface area contributed by atoms with Crippen LogP contribution in [0.1, 0.15) is 16.7 Å². The van der Waals surface area contributed by atoms with Gasteiger partial charge < -0.3 is 0 Å². The Kier molecular flexibility index (Phi) is 7.19. The van der Waals surface area contributed by atoms with Gasteiger partial charge in [-0.2, -0.15) is 0 Å². The summed E-state index contributed by atoms with van der Waals surface area (Å²) in [6.07, 6.45) is 0. The second kappa shape index (κ2) is 10.2. The second-order valence-electron chi connectivity index (χ2n) is 7.30. The standard InChI is InChI=1S/2C11H10.C7H8/c1-9-5-4-7-10-6-2-3-8-11(9)10;1-9-6-7-10-4-2-3-5-11(10)8-9;1-7-5-3-2-4-6-7/h2*2-8H,1H3;2-6H,1H3. The Labute approximate surface area is 174 Å². The summed E-state index contributed by atoms with van der Waals surface area (Å²) < 4.78 is 0. The molecule has 0 saturated heterocycles. The molecule has 0 saturated carbocycles. The van der Waals surface area contributed by atoms with Crippen LogP contribution in [0.3, 0.4) is 0 Å². The maximum Gasteiger partial charge on any atom is -0.0155 e. The summed E-state index contributed by atoms with van der Waals surface area (Å²) in [5.41, 5.74) is 3.99. The Morgan fingerprint density at radius 1 is 0.379 bits per heavy atom. The molecule has 0 heteroatoms. The second-order valence-corrected chi connectivity index (χ2v) is 7.30. The van der Waals surface area contributed by atoms with E-state index in [9.17, 15) is 0 Å². The molecule has 0 spiro atoms. The number of fused-ring (bicyclic) bond motifs is 2. The van der Waals surface area contributed by atoms with Crippen LogP contribution in [0.25, 0.3) is 21.5 Å². The minimum atomic E-state index is 1.32. The summed E-state index contributed by atoms with van der Waals surface area (Å²) in [5, 5.41) is 5.33. The number of benzene rings is 5. The van der Waals surface area contributed by atoms with Crippen LogP contribution in [-0.4, -0.2) is 0 Å². The van der Waals surface area contributed by atoms with Crippen molar-refractivity contribution in [2.24, 2.45) is 0 Å². The van der Waals surface area contributed by atoms with Crippen molar-refractivity contribution >= 4 is 21.5 Å². The van der Waals surface area contributed by atoms with Gasteiger partial charge in [-0.15, -0.1) is 0 Å². The largest absolute Gasteiger partial charge is 0.0622 e. The van der Waals surface area contributed by atoms with Crippen LogP contribution >= 0.6 is 0 Å². The van der Waals surface area contributed by atoms with E-state index in [-0.39, 0.29) is 0 Å². The molecular formula is C29H28. The maximum absolute atomic E-state index is 2.20. The summed E-state index contributed by atoms with van der Waals surface area (Å²) in [6, 6.07) is 40.0. The van der Waals surface area contributed by atoms with E-state index >= 15 is 0 Å². The van der Waals surface area contributed by atoms with E-state index in [2.05, 4.69) is 118 Å². The molecule has 5 rings (SSSR count). The maximum atomic E-state index is 2.20. The fourth-order valence-electron chi connectivity index (χ4n) is 3.23. The highest BCUT2D eigenvalue weighted by Gasteiger charge is 1.92. The Morgan fingerprint density at radius 3 is 1.62 bits per heavy atom. The SMILES string of the molecule is Cc1ccc2ccccc2c1.Cc1cccc2ccccc12.Cc1ccccc1. The first-order chi connectivity index (χ1) is 14.1. The van der Waals surface area contributed by atoms with Gasteiger partial charge in [0.25, 0.3) is 0 Å². The first kappa shape index (κ1) is 20.4. The lowest BCUT2D eigenvalue weighted by atomic mass is 10.1. The average Bonchev–Trinajstić information content (AvgIpc) is 2.76. The topological polar surface area (TPSA) is 0 Å². The van der Waals surface area contributed by atoms with Gasteiger partial charge in [-0.3, -0.25) is 0 Å². The predicted molar refractivity (Wildman–Crippen MR) is 129 cm³/mol. The zero-order chi connectivity index (χ0) is 20.5. The molecule has 5 aromatic rings. The fraction of sp³-hybridized carbons (Fsp3) is 0.103. The Hall–Kier alpha value is -3.38. The lowest BCUT2D eigenvalue weighted by Crippen LogP contribution is -1.75. The van der Waals surface area contributed by atoms with Crippen molar-refractivity contribution in [3.8, 4) is 0 Å². The minimum absolute atomic E-state index is 1.32. The summed E-state index contributed by atoms with van der Waals surface area (Å²) in [4.78, 5) is 0. The Bertz CT molecular complexity index is 1160. The lowest BCUT2D eigenvalue weighted by Gasteiger charge is -1.98. The number of aryl methyl sites for hydroxylation is 3. The number of hydrogen-bond acceptors (Lipinski definition) is 0. The molecule has 0 fully saturated rings. The molecule has 29 heavy (non-hydrogen) atoms. The van der Waals surface area contributed by atoms with E-state index in [1.54, 1.807) is 0 Å². The van der Waals surface area contributed by atoms with Crippen molar-refractivity contribution < 1.29 is 0 Å². The predicted octanol–water partition coefficient (Wildman–Crippen LogP) is 8.29. The van der Waals surface area contributed by atoms with Gasteiger partial charge in [-0.25, -0.2) is 0 Å². The molecule has 0 aliphatic rings. The zero-order valence-electron chi connectivity index (χ0n) is 17.5. The molecular weight excluding hydrogens is 348 g/mol. The van der Waals surface area contributed by atoms with Gasteiger partial charge in [0, 0.05) is 0 Å². The summed E-state index contributed by atoms with van der Waals surface area (Å²) in [5.74, 6) is 0. The van der Waals surface area contributed by atoms with Gasteiger partial charge in [0.1, 0.15) is 0 Å². The van der Waals surface area contributed by atoms with Crippen molar-refractivity contribution in [1.29, 1.82) is 0 Å². The van der Waals surface area contributed by atoms with Crippen molar-refractivity contribution in [3.63, 3.8) is 0 Å². The fourth-order valence-corrected chi connectivity index (χ4v) is 3.23.